The van der Waals surface area contributed by atoms with Crippen molar-refractivity contribution in [3.63, 3.8) is 0 Å². The molecule has 2 unspecified atom stereocenters. The second kappa shape index (κ2) is 4.28. The van der Waals surface area contributed by atoms with E-state index < -0.39 is 12.0 Å². The minimum absolute atomic E-state index is 0.0834. The minimum Gasteiger partial charge on any atom is -0.480 e. The molecule has 2 atom stereocenters. The van der Waals surface area contributed by atoms with Gasteiger partial charge >= 0.3 is 5.97 Å². The zero-order valence-corrected chi connectivity index (χ0v) is 9.48. The van der Waals surface area contributed by atoms with E-state index in [2.05, 4.69) is 0 Å². The number of aldehydes is 1. The number of carbonyl (C=O) groups excluding carboxylic acids is 1. The molecule has 0 radical (unpaired) electrons. The number of likely N-dealkylation sites (tertiary alicyclic amines) is 1. The van der Waals surface area contributed by atoms with Crippen LogP contribution in [0.2, 0.25) is 0 Å². The molecule has 16 heavy (non-hydrogen) atoms. The van der Waals surface area contributed by atoms with E-state index in [1.54, 1.807) is 0 Å². The van der Waals surface area contributed by atoms with E-state index in [1.165, 1.54) is 5.57 Å². The molecule has 4 nitrogen and oxygen atoms in total. The maximum absolute atomic E-state index is 11.1. The highest BCUT2D eigenvalue weighted by Crippen LogP contribution is 2.36. The van der Waals surface area contributed by atoms with Crippen molar-refractivity contribution in [1.82, 2.24) is 4.90 Å². The Balaban J connectivity index is 2.26. The molecule has 0 aromatic carbocycles. The van der Waals surface area contributed by atoms with Crippen LogP contribution in [0.25, 0.3) is 0 Å². The summed E-state index contributed by atoms with van der Waals surface area (Å²) in [6.45, 7) is 2.78. The summed E-state index contributed by atoms with van der Waals surface area (Å²) in [6, 6.07) is -0.425. The lowest BCUT2D eigenvalue weighted by molar-refractivity contribution is -0.141. The summed E-state index contributed by atoms with van der Waals surface area (Å²) in [7, 11) is 0. The molecule has 0 aromatic heterocycles. The number of rotatable bonds is 3. The molecule has 1 aliphatic heterocycles. The summed E-state index contributed by atoms with van der Waals surface area (Å²) in [5, 5.41) is 9.14. The number of allylic oxidation sites excluding steroid dienone is 2. The lowest BCUT2D eigenvalue weighted by Gasteiger charge is -2.28. The molecule has 1 saturated heterocycles. The molecular formula is C12H17NO3. The lowest BCUT2D eigenvalue weighted by Crippen LogP contribution is -2.37. The van der Waals surface area contributed by atoms with Gasteiger partial charge in [-0.25, -0.2) is 4.79 Å². The molecule has 4 heteroatoms. The van der Waals surface area contributed by atoms with Gasteiger partial charge in [-0.05, 0) is 32.6 Å². The maximum atomic E-state index is 11.1. The monoisotopic (exact) mass is 223 g/mol. The fourth-order valence-corrected chi connectivity index (χ4v) is 2.86. The third-order valence-corrected chi connectivity index (χ3v) is 3.63. The first-order valence-electron chi connectivity index (χ1n) is 5.79. The molecule has 0 amide bonds. The van der Waals surface area contributed by atoms with Gasteiger partial charge in [0.05, 0.1) is 5.92 Å². The van der Waals surface area contributed by atoms with Crippen LogP contribution in [-0.2, 0) is 9.59 Å². The van der Waals surface area contributed by atoms with Crippen molar-refractivity contribution in [3.8, 4) is 0 Å². The number of carboxylic acid groups (broad SMARTS) is 1. The number of aliphatic carboxylic acids is 1. The Labute approximate surface area is 94.9 Å². The van der Waals surface area contributed by atoms with E-state index in [4.69, 9.17) is 5.11 Å². The van der Waals surface area contributed by atoms with E-state index in [0.717, 1.165) is 37.8 Å². The van der Waals surface area contributed by atoms with Crippen molar-refractivity contribution in [1.29, 1.82) is 0 Å². The molecule has 1 fully saturated rings. The summed E-state index contributed by atoms with van der Waals surface area (Å²) < 4.78 is 0. The van der Waals surface area contributed by atoms with Gasteiger partial charge in [-0.2, -0.15) is 0 Å². The van der Waals surface area contributed by atoms with Crippen LogP contribution in [-0.4, -0.2) is 34.8 Å². The minimum atomic E-state index is -0.769. The number of hydrogen-bond donors (Lipinski definition) is 1. The summed E-state index contributed by atoms with van der Waals surface area (Å²) in [5.74, 6) is -0.853. The zero-order valence-electron chi connectivity index (χ0n) is 9.48. The highest BCUT2D eigenvalue weighted by atomic mass is 16.4. The molecule has 1 aliphatic carbocycles. The van der Waals surface area contributed by atoms with E-state index in [9.17, 15) is 9.59 Å². The number of carboxylic acids is 1. The van der Waals surface area contributed by atoms with Crippen LogP contribution in [0.1, 0.15) is 32.6 Å². The van der Waals surface area contributed by atoms with Gasteiger partial charge in [-0.1, -0.05) is 5.57 Å². The van der Waals surface area contributed by atoms with Crippen molar-refractivity contribution >= 4 is 12.3 Å². The van der Waals surface area contributed by atoms with E-state index in [-0.39, 0.29) is 5.92 Å². The molecule has 0 bridgehead atoms. The second-order valence-electron chi connectivity index (χ2n) is 4.64. The predicted octanol–water partition coefficient (Wildman–Crippen LogP) is 1.42. The molecule has 2 rings (SSSR count). The number of nitrogens with zero attached hydrogens (tertiary/aromatic N) is 1. The summed E-state index contributed by atoms with van der Waals surface area (Å²) in [5.41, 5.74) is 2.17. The average Bonchev–Trinajstić information content (AvgIpc) is 2.82. The molecule has 1 heterocycles. The summed E-state index contributed by atoms with van der Waals surface area (Å²) in [4.78, 5) is 24.0. The molecule has 1 N–H and O–H groups in total. The Hall–Kier alpha value is -1.32. The Morgan fingerprint density at radius 2 is 2.25 bits per heavy atom. The standard InChI is InChI=1S/C12H17NO3/c1-8-4-5-9(7-14)11(8)13-6-2-3-10(13)12(15)16/h7,9-10H,2-6H2,1H3,(H,15,16). The summed E-state index contributed by atoms with van der Waals surface area (Å²) in [6.07, 6.45) is 4.31. The molecule has 2 aliphatic rings. The third kappa shape index (κ3) is 1.72. The number of hydrogen-bond acceptors (Lipinski definition) is 3. The van der Waals surface area contributed by atoms with Gasteiger partial charge in [0.25, 0.3) is 0 Å². The van der Waals surface area contributed by atoms with Crippen LogP contribution < -0.4 is 0 Å². The van der Waals surface area contributed by atoms with E-state index in [0.29, 0.717) is 6.42 Å². The van der Waals surface area contributed by atoms with Gasteiger partial charge in [0.15, 0.2) is 0 Å². The first-order chi connectivity index (χ1) is 7.65. The Bertz CT molecular complexity index is 348. The molecule has 88 valence electrons. The van der Waals surface area contributed by atoms with E-state index >= 15 is 0 Å². The van der Waals surface area contributed by atoms with Gasteiger partial charge in [-0.15, -0.1) is 0 Å². The van der Waals surface area contributed by atoms with Crippen LogP contribution >= 0.6 is 0 Å². The lowest BCUT2D eigenvalue weighted by atomic mass is 10.1. The van der Waals surface area contributed by atoms with Gasteiger partial charge in [0.1, 0.15) is 12.3 Å². The topological polar surface area (TPSA) is 57.6 Å². The second-order valence-corrected chi connectivity index (χ2v) is 4.64. The fourth-order valence-electron chi connectivity index (χ4n) is 2.86. The van der Waals surface area contributed by atoms with Crippen LogP contribution in [0.4, 0.5) is 0 Å². The smallest absolute Gasteiger partial charge is 0.326 e. The molecule has 0 saturated carbocycles. The van der Waals surface area contributed by atoms with Crippen molar-refractivity contribution in [2.45, 2.75) is 38.6 Å². The van der Waals surface area contributed by atoms with Crippen LogP contribution in [0.3, 0.4) is 0 Å². The van der Waals surface area contributed by atoms with E-state index in [1.807, 2.05) is 11.8 Å². The van der Waals surface area contributed by atoms with Gasteiger partial charge in [0.2, 0.25) is 0 Å². The quantitative estimate of drug-likeness (QED) is 0.735. The largest absolute Gasteiger partial charge is 0.480 e. The van der Waals surface area contributed by atoms with Crippen LogP contribution in [0.5, 0.6) is 0 Å². The Morgan fingerprint density at radius 3 is 2.88 bits per heavy atom. The van der Waals surface area contributed by atoms with Crippen molar-refractivity contribution in [2.24, 2.45) is 5.92 Å². The molecule has 0 aromatic rings. The highest BCUT2D eigenvalue weighted by molar-refractivity contribution is 5.74. The number of carbonyl (C=O) groups is 2. The van der Waals surface area contributed by atoms with Crippen molar-refractivity contribution < 1.29 is 14.7 Å². The maximum Gasteiger partial charge on any atom is 0.326 e. The molecular weight excluding hydrogens is 206 g/mol. The fraction of sp³-hybridized carbons (Fsp3) is 0.667. The van der Waals surface area contributed by atoms with Crippen molar-refractivity contribution in [3.05, 3.63) is 11.3 Å². The summed E-state index contributed by atoms with van der Waals surface area (Å²) >= 11 is 0. The SMILES string of the molecule is CC1=C(N2CCCC2C(=O)O)C(C=O)CC1. The van der Waals surface area contributed by atoms with Gasteiger partial charge in [0, 0.05) is 12.2 Å². The first-order valence-corrected chi connectivity index (χ1v) is 5.79. The third-order valence-electron chi connectivity index (χ3n) is 3.63. The zero-order chi connectivity index (χ0) is 11.7. The van der Waals surface area contributed by atoms with Crippen molar-refractivity contribution in [2.75, 3.05) is 6.54 Å². The van der Waals surface area contributed by atoms with Crippen LogP contribution in [0.15, 0.2) is 11.3 Å². The van der Waals surface area contributed by atoms with Gasteiger partial charge < -0.3 is 14.8 Å². The predicted molar refractivity (Wildman–Crippen MR) is 58.9 cm³/mol. The van der Waals surface area contributed by atoms with Crippen LogP contribution in [0, 0.1) is 5.92 Å². The molecule has 0 spiro atoms. The highest BCUT2D eigenvalue weighted by Gasteiger charge is 2.37. The Morgan fingerprint density at radius 1 is 1.50 bits per heavy atom. The first kappa shape index (κ1) is 11.2. The Kier molecular flexibility index (Phi) is 2.99. The average molecular weight is 223 g/mol. The normalized spacial score (nSPS) is 29.9. The van der Waals surface area contributed by atoms with Gasteiger partial charge in [-0.3, -0.25) is 0 Å².